The highest BCUT2D eigenvalue weighted by Gasteiger charge is 2.30. The first kappa shape index (κ1) is 25.6. The number of carbonyl (C=O) groups is 2. The molecule has 3 rings (SSSR count). The molecule has 2 aromatic carbocycles. The summed E-state index contributed by atoms with van der Waals surface area (Å²) >= 11 is 12.5. The Morgan fingerprint density at radius 2 is 1.76 bits per heavy atom. The molecular weight excluding hydrogens is 455 g/mol. The number of rotatable bonds is 9. The third kappa shape index (κ3) is 7.48. The number of hydrogen-bond donors (Lipinski definition) is 1. The number of nitrogens with one attached hydrogen (secondary N) is 1. The highest BCUT2D eigenvalue weighted by Crippen LogP contribution is 2.25. The summed E-state index contributed by atoms with van der Waals surface area (Å²) in [7, 11) is 0. The number of benzene rings is 2. The van der Waals surface area contributed by atoms with Gasteiger partial charge in [-0.25, -0.2) is 0 Å². The van der Waals surface area contributed by atoms with Crippen LogP contribution in [0.4, 0.5) is 0 Å². The van der Waals surface area contributed by atoms with E-state index in [-0.39, 0.29) is 24.4 Å². The summed E-state index contributed by atoms with van der Waals surface area (Å²) in [5, 5.41) is 4.25. The van der Waals surface area contributed by atoms with E-state index in [9.17, 15) is 9.59 Å². The highest BCUT2D eigenvalue weighted by molar-refractivity contribution is 6.35. The van der Waals surface area contributed by atoms with Crippen molar-refractivity contribution in [3.8, 4) is 0 Å². The maximum Gasteiger partial charge on any atom is 0.243 e. The van der Waals surface area contributed by atoms with E-state index in [1.54, 1.807) is 17.0 Å². The number of amides is 2. The Morgan fingerprint density at radius 3 is 2.39 bits per heavy atom. The van der Waals surface area contributed by atoms with Crippen LogP contribution in [0.5, 0.6) is 0 Å². The lowest BCUT2D eigenvalue weighted by Gasteiger charge is -2.33. The lowest BCUT2D eigenvalue weighted by atomic mass is 9.95. The SMILES string of the molecule is CC[C@H](C(=O)NC1CCCCC1)N(Cc1ccc(Cl)cc1Cl)C(=O)CCc1ccc(C)cc1. The average molecular weight is 489 g/mol. The smallest absolute Gasteiger partial charge is 0.243 e. The maximum absolute atomic E-state index is 13.4. The van der Waals surface area contributed by atoms with Gasteiger partial charge in [-0.05, 0) is 55.9 Å². The summed E-state index contributed by atoms with van der Waals surface area (Å²) in [5.41, 5.74) is 3.08. The van der Waals surface area contributed by atoms with Crippen LogP contribution >= 0.6 is 23.2 Å². The van der Waals surface area contributed by atoms with Gasteiger partial charge < -0.3 is 10.2 Å². The molecule has 1 aliphatic carbocycles. The molecule has 1 atom stereocenters. The molecule has 0 unspecified atom stereocenters. The zero-order chi connectivity index (χ0) is 23.8. The van der Waals surface area contributed by atoms with Gasteiger partial charge in [-0.2, -0.15) is 0 Å². The Kier molecular flexibility index (Phi) is 9.64. The molecule has 4 nitrogen and oxygen atoms in total. The fraction of sp³-hybridized carbons (Fsp3) is 0.481. The van der Waals surface area contributed by atoms with E-state index in [1.165, 1.54) is 12.0 Å². The second-order valence-corrected chi connectivity index (χ2v) is 9.85. The van der Waals surface area contributed by atoms with Gasteiger partial charge in [0.15, 0.2) is 0 Å². The van der Waals surface area contributed by atoms with Crippen LogP contribution < -0.4 is 5.32 Å². The minimum atomic E-state index is -0.538. The van der Waals surface area contributed by atoms with E-state index in [2.05, 4.69) is 29.6 Å². The molecule has 1 N–H and O–H groups in total. The van der Waals surface area contributed by atoms with E-state index in [0.717, 1.165) is 36.8 Å². The van der Waals surface area contributed by atoms with Gasteiger partial charge in [0, 0.05) is 29.1 Å². The monoisotopic (exact) mass is 488 g/mol. The molecule has 1 fully saturated rings. The van der Waals surface area contributed by atoms with Gasteiger partial charge in [0.25, 0.3) is 0 Å². The minimum Gasteiger partial charge on any atom is -0.352 e. The zero-order valence-corrected chi connectivity index (χ0v) is 21.1. The Hall–Kier alpha value is -2.04. The number of halogens is 2. The molecule has 0 heterocycles. The summed E-state index contributed by atoms with van der Waals surface area (Å²) in [4.78, 5) is 28.4. The van der Waals surface area contributed by atoms with Crippen molar-refractivity contribution in [3.05, 3.63) is 69.2 Å². The topological polar surface area (TPSA) is 49.4 Å². The molecule has 0 spiro atoms. The molecule has 178 valence electrons. The van der Waals surface area contributed by atoms with Crippen LogP contribution in [-0.4, -0.2) is 28.8 Å². The van der Waals surface area contributed by atoms with Crippen LogP contribution in [0, 0.1) is 6.92 Å². The van der Waals surface area contributed by atoms with Gasteiger partial charge in [0.05, 0.1) is 0 Å². The summed E-state index contributed by atoms with van der Waals surface area (Å²) in [6.07, 6.45) is 7.02. The third-order valence-corrected chi connectivity index (χ3v) is 7.03. The summed E-state index contributed by atoms with van der Waals surface area (Å²) < 4.78 is 0. The summed E-state index contributed by atoms with van der Waals surface area (Å²) in [6.45, 7) is 4.28. The van der Waals surface area contributed by atoms with Gasteiger partial charge in [0.2, 0.25) is 11.8 Å². The van der Waals surface area contributed by atoms with E-state index < -0.39 is 6.04 Å². The molecule has 1 saturated carbocycles. The van der Waals surface area contributed by atoms with Crippen LogP contribution in [0.25, 0.3) is 0 Å². The molecule has 6 heteroatoms. The molecule has 0 aliphatic heterocycles. The highest BCUT2D eigenvalue weighted by atomic mass is 35.5. The van der Waals surface area contributed by atoms with Gasteiger partial charge >= 0.3 is 0 Å². The predicted octanol–water partition coefficient (Wildman–Crippen LogP) is 6.49. The molecule has 0 bridgehead atoms. The fourth-order valence-corrected chi connectivity index (χ4v) is 4.92. The number of hydrogen-bond acceptors (Lipinski definition) is 2. The van der Waals surface area contributed by atoms with Crippen LogP contribution in [0.2, 0.25) is 10.0 Å². The van der Waals surface area contributed by atoms with Crippen LogP contribution in [0.3, 0.4) is 0 Å². The number of carbonyl (C=O) groups excluding carboxylic acids is 2. The van der Waals surface area contributed by atoms with Gasteiger partial charge in [-0.15, -0.1) is 0 Å². The first-order valence-electron chi connectivity index (χ1n) is 12.0. The summed E-state index contributed by atoms with van der Waals surface area (Å²) in [6, 6.07) is 13.1. The maximum atomic E-state index is 13.4. The second kappa shape index (κ2) is 12.4. The van der Waals surface area contributed by atoms with E-state index in [1.807, 2.05) is 19.9 Å². The lowest BCUT2D eigenvalue weighted by molar-refractivity contribution is -0.141. The molecule has 0 aromatic heterocycles. The third-order valence-electron chi connectivity index (χ3n) is 6.44. The lowest BCUT2D eigenvalue weighted by Crippen LogP contribution is -2.51. The second-order valence-electron chi connectivity index (χ2n) is 9.01. The molecule has 2 aromatic rings. The van der Waals surface area contributed by atoms with Gasteiger partial charge in [0.1, 0.15) is 6.04 Å². The molecule has 0 saturated heterocycles. The quantitative estimate of drug-likeness (QED) is 0.438. The van der Waals surface area contributed by atoms with Crippen molar-refractivity contribution in [2.45, 2.75) is 83.8 Å². The first-order chi connectivity index (χ1) is 15.9. The standard InChI is InChI=1S/C27H34Cl2N2O2/c1-3-25(27(33)30-23-7-5-4-6-8-23)31(18-21-14-15-22(28)17-24(21)29)26(32)16-13-20-11-9-19(2)10-12-20/h9-12,14-15,17,23,25H,3-8,13,16,18H2,1-2H3,(H,30,33)/t25-/m1/s1. The van der Waals surface area contributed by atoms with Crippen molar-refractivity contribution in [1.82, 2.24) is 10.2 Å². The molecular formula is C27H34Cl2N2O2. The van der Waals surface area contributed by atoms with Crippen molar-refractivity contribution < 1.29 is 9.59 Å². The van der Waals surface area contributed by atoms with E-state index in [0.29, 0.717) is 29.3 Å². The Labute approximate surface area is 207 Å². The Balaban J connectivity index is 1.77. The minimum absolute atomic E-state index is 0.0489. The molecule has 0 radical (unpaired) electrons. The largest absolute Gasteiger partial charge is 0.352 e. The van der Waals surface area contributed by atoms with Gasteiger partial charge in [-0.3, -0.25) is 9.59 Å². The number of aryl methyl sites for hydroxylation is 2. The zero-order valence-electron chi connectivity index (χ0n) is 19.6. The van der Waals surface area contributed by atoms with Crippen LogP contribution in [-0.2, 0) is 22.6 Å². The summed E-state index contributed by atoms with van der Waals surface area (Å²) in [5.74, 6) is -0.120. The van der Waals surface area contributed by atoms with Crippen molar-refractivity contribution in [3.63, 3.8) is 0 Å². The van der Waals surface area contributed by atoms with Gasteiger partial charge in [-0.1, -0.05) is 85.3 Å². The predicted molar refractivity (Wildman–Crippen MR) is 136 cm³/mol. The first-order valence-corrected chi connectivity index (χ1v) is 12.7. The normalized spacial score (nSPS) is 15.2. The van der Waals surface area contributed by atoms with Crippen molar-refractivity contribution >= 4 is 35.0 Å². The number of nitrogens with zero attached hydrogens (tertiary/aromatic N) is 1. The fourth-order valence-electron chi connectivity index (χ4n) is 4.45. The van der Waals surface area contributed by atoms with Crippen molar-refractivity contribution in [1.29, 1.82) is 0 Å². The molecule has 1 aliphatic rings. The van der Waals surface area contributed by atoms with Crippen molar-refractivity contribution in [2.24, 2.45) is 0 Å². The van der Waals surface area contributed by atoms with Crippen LogP contribution in [0.1, 0.15) is 68.6 Å². The Morgan fingerprint density at radius 1 is 1.06 bits per heavy atom. The van der Waals surface area contributed by atoms with Crippen LogP contribution in [0.15, 0.2) is 42.5 Å². The molecule has 2 amide bonds. The molecule has 33 heavy (non-hydrogen) atoms. The van der Waals surface area contributed by atoms with E-state index >= 15 is 0 Å². The van der Waals surface area contributed by atoms with Crippen molar-refractivity contribution in [2.75, 3.05) is 0 Å². The average Bonchev–Trinajstić information content (AvgIpc) is 2.80. The Bertz CT molecular complexity index is 940. The van der Waals surface area contributed by atoms with E-state index in [4.69, 9.17) is 23.2 Å².